The van der Waals surface area contributed by atoms with Crippen LogP contribution in [0.5, 0.6) is 0 Å². The number of aryl methyl sites for hydroxylation is 1. The Labute approximate surface area is 103 Å². The van der Waals surface area contributed by atoms with E-state index in [2.05, 4.69) is 11.4 Å². The van der Waals surface area contributed by atoms with Gasteiger partial charge in [0.1, 0.15) is 11.9 Å². The van der Waals surface area contributed by atoms with Crippen LogP contribution in [0.4, 0.5) is 10.1 Å². The second-order valence-electron chi connectivity index (χ2n) is 3.73. The molecule has 2 aromatic rings. The third kappa shape index (κ3) is 2.83. The molecule has 0 atom stereocenters. The van der Waals surface area contributed by atoms with E-state index in [1.165, 1.54) is 6.07 Å². The monoisotopic (exact) mass is 246 g/mol. The van der Waals surface area contributed by atoms with Crippen molar-refractivity contribution in [3.8, 4) is 6.07 Å². The molecule has 0 unspecified atom stereocenters. The van der Waals surface area contributed by atoms with Crippen LogP contribution in [0.2, 0.25) is 0 Å². The number of hydrogen-bond acceptors (Lipinski definition) is 3. The summed E-state index contributed by atoms with van der Waals surface area (Å²) in [5, 5.41) is 13.7. The molecular weight excluding hydrogens is 235 g/mol. The lowest BCUT2D eigenvalue weighted by atomic mass is 10.2. The first kappa shape index (κ1) is 11.6. The fraction of sp³-hybridized carbons (Fsp3) is 0.154. The largest absolute Gasteiger partial charge is 0.380 e. The number of rotatable bonds is 3. The Morgan fingerprint density at radius 3 is 2.88 bits per heavy atom. The Bertz CT molecular complexity index is 569. The van der Waals surface area contributed by atoms with Gasteiger partial charge in [-0.05, 0) is 36.8 Å². The SMILES string of the molecule is Cc1cc(NCc2cc(C#N)cs2)ccc1F. The van der Waals surface area contributed by atoms with Gasteiger partial charge in [0.2, 0.25) is 0 Å². The molecule has 2 nitrogen and oxygen atoms in total. The molecule has 0 radical (unpaired) electrons. The summed E-state index contributed by atoms with van der Waals surface area (Å²) in [6.45, 7) is 2.39. The second-order valence-corrected chi connectivity index (χ2v) is 4.73. The van der Waals surface area contributed by atoms with Crippen LogP contribution >= 0.6 is 11.3 Å². The number of thiophene rings is 1. The maximum Gasteiger partial charge on any atom is 0.126 e. The highest BCUT2D eigenvalue weighted by Crippen LogP contribution is 2.18. The molecule has 17 heavy (non-hydrogen) atoms. The molecule has 0 aliphatic rings. The smallest absolute Gasteiger partial charge is 0.126 e. The van der Waals surface area contributed by atoms with Crippen LogP contribution in [0.3, 0.4) is 0 Å². The maximum absolute atomic E-state index is 13.0. The van der Waals surface area contributed by atoms with Gasteiger partial charge in [-0.15, -0.1) is 11.3 Å². The van der Waals surface area contributed by atoms with E-state index in [9.17, 15) is 4.39 Å². The van der Waals surface area contributed by atoms with Gasteiger partial charge in [-0.3, -0.25) is 0 Å². The van der Waals surface area contributed by atoms with Gasteiger partial charge >= 0.3 is 0 Å². The summed E-state index contributed by atoms with van der Waals surface area (Å²) in [6, 6.07) is 8.88. The first-order chi connectivity index (χ1) is 8.19. The van der Waals surface area contributed by atoms with Gasteiger partial charge in [-0.1, -0.05) is 0 Å². The minimum atomic E-state index is -0.196. The van der Waals surface area contributed by atoms with Gasteiger partial charge in [0.25, 0.3) is 0 Å². The fourth-order valence-corrected chi connectivity index (χ4v) is 2.23. The normalized spacial score (nSPS) is 9.94. The highest BCUT2D eigenvalue weighted by atomic mass is 32.1. The number of anilines is 1. The number of nitriles is 1. The second kappa shape index (κ2) is 4.98. The zero-order valence-corrected chi connectivity index (χ0v) is 10.1. The van der Waals surface area contributed by atoms with E-state index in [0.29, 0.717) is 17.7 Å². The number of benzene rings is 1. The molecule has 4 heteroatoms. The Balaban J connectivity index is 2.02. The van der Waals surface area contributed by atoms with E-state index in [1.54, 1.807) is 30.4 Å². The molecule has 1 aromatic carbocycles. The number of nitrogens with zero attached hydrogens (tertiary/aromatic N) is 1. The molecule has 0 aliphatic carbocycles. The summed E-state index contributed by atoms with van der Waals surface area (Å²) < 4.78 is 13.0. The summed E-state index contributed by atoms with van der Waals surface area (Å²) in [4.78, 5) is 1.09. The van der Waals surface area contributed by atoms with Crippen molar-refractivity contribution < 1.29 is 4.39 Å². The first-order valence-electron chi connectivity index (χ1n) is 5.16. The van der Waals surface area contributed by atoms with Gasteiger partial charge in [-0.2, -0.15) is 5.26 Å². The van der Waals surface area contributed by atoms with Gasteiger partial charge in [0.05, 0.1) is 5.56 Å². The molecule has 0 aliphatic heterocycles. The predicted octanol–water partition coefficient (Wildman–Crippen LogP) is 3.68. The standard InChI is InChI=1S/C13H11FN2S/c1-9-4-11(2-3-13(9)14)16-7-12-5-10(6-15)8-17-12/h2-5,8,16H,7H2,1H3. The average molecular weight is 246 g/mol. The molecule has 0 saturated carbocycles. The average Bonchev–Trinajstić information content (AvgIpc) is 2.79. The Morgan fingerprint density at radius 1 is 1.41 bits per heavy atom. The maximum atomic E-state index is 13.0. The van der Waals surface area contributed by atoms with E-state index in [0.717, 1.165) is 10.6 Å². The van der Waals surface area contributed by atoms with Crippen LogP contribution in [0, 0.1) is 24.1 Å². The van der Waals surface area contributed by atoms with E-state index in [1.807, 2.05) is 11.4 Å². The van der Waals surface area contributed by atoms with Crippen LogP contribution < -0.4 is 5.32 Å². The summed E-state index contributed by atoms with van der Waals surface area (Å²) in [6.07, 6.45) is 0. The van der Waals surface area contributed by atoms with Crippen LogP contribution in [0.15, 0.2) is 29.6 Å². The highest BCUT2D eigenvalue weighted by molar-refractivity contribution is 7.10. The Morgan fingerprint density at radius 2 is 2.24 bits per heavy atom. The third-order valence-corrected chi connectivity index (χ3v) is 3.34. The lowest BCUT2D eigenvalue weighted by molar-refractivity contribution is 0.618. The summed E-state index contributed by atoms with van der Waals surface area (Å²) >= 11 is 1.54. The van der Waals surface area contributed by atoms with Crippen molar-refractivity contribution in [2.24, 2.45) is 0 Å². The molecule has 1 aromatic heterocycles. The summed E-state index contributed by atoms with van der Waals surface area (Å²) in [7, 11) is 0. The van der Waals surface area contributed by atoms with Crippen LogP contribution in [-0.4, -0.2) is 0 Å². The minimum Gasteiger partial charge on any atom is -0.380 e. The molecule has 1 heterocycles. The van der Waals surface area contributed by atoms with Gasteiger partial charge < -0.3 is 5.32 Å². The number of hydrogen-bond donors (Lipinski definition) is 1. The molecule has 1 N–H and O–H groups in total. The van der Waals surface area contributed by atoms with Crippen molar-refractivity contribution in [3.63, 3.8) is 0 Å². The minimum absolute atomic E-state index is 0.196. The topological polar surface area (TPSA) is 35.8 Å². The molecule has 0 spiro atoms. The molecule has 0 bridgehead atoms. The van der Waals surface area contributed by atoms with Crippen LogP contribution in [0.1, 0.15) is 16.0 Å². The lowest BCUT2D eigenvalue weighted by Crippen LogP contribution is -1.98. The summed E-state index contributed by atoms with van der Waals surface area (Å²) in [5.74, 6) is -0.196. The predicted molar refractivity (Wildman–Crippen MR) is 67.5 cm³/mol. The Kier molecular flexibility index (Phi) is 3.40. The highest BCUT2D eigenvalue weighted by Gasteiger charge is 2.01. The number of halogens is 1. The van der Waals surface area contributed by atoms with E-state index >= 15 is 0 Å². The van der Waals surface area contributed by atoms with Gasteiger partial charge in [0, 0.05) is 22.5 Å². The fourth-order valence-electron chi connectivity index (χ4n) is 1.48. The van der Waals surface area contributed by atoms with Crippen molar-refractivity contribution in [2.45, 2.75) is 13.5 Å². The van der Waals surface area contributed by atoms with Crippen LogP contribution in [-0.2, 0) is 6.54 Å². The van der Waals surface area contributed by atoms with E-state index in [4.69, 9.17) is 5.26 Å². The zero-order chi connectivity index (χ0) is 12.3. The van der Waals surface area contributed by atoms with Crippen molar-refractivity contribution in [2.75, 3.05) is 5.32 Å². The molecule has 0 saturated heterocycles. The van der Waals surface area contributed by atoms with Crippen molar-refractivity contribution in [1.82, 2.24) is 0 Å². The molecule has 0 fully saturated rings. The Hall–Kier alpha value is -1.86. The quantitative estimate of drug-likeness (QED) is 0.896. The van der Waals surface area contributed by atoms with Crippen molar-refractivity contribution in [1.29, 1.82) is 5.26 Å². The van der Waals surface area contributed by atoms with Gasteiger partial charge in [0.15, 0.2) is 0 Å². The molecule has 86 valence electrons. The molecule has 2 rings (SSSR count). The lowest BCUT2D eigenvalue weighted by Gasteiger charge is -2.06. The van der Waals surface area contributed by atoms with Crippen molar-refractivity contribution >= 4 is 17.0 Å². The zero-order valence-electron chi connectivity index (χ0n) is 9.33. The first-order valence-corrected chi connectivity index (χ1v) is 6.04. The van der Waals surface area contributed by atoms with Crippen molar-refractivity contribution in [3.05, 3.63) is 51.5 Å². The third-order valence-electron chi connectivity index (χ3n) is 2.41. The van der Waals surface area contributed by atoms with E-state index in [-0.39, 0.29) is 5.82 Å². The summed E-state index contributed by atoms with van der Waals surface area (Å²) in [5.41, 5.74) is 2.19. The van der Waals surface area contributed by atoms with Gasteiger partial charge in [-0.25, -0.2) is 4.39 Å². The molecular formula is C13H11FN2S. The number of nitrogens with one attached hydrogen (secondary N) is 1. The molecule has 0 amide bonds. The van der Waals surface area contributed by atoms with E-state index < -0.39 is 0 Å². The van der Waals surface area contributed by atoms with Crippen LogP contribution in [0.25, 0.3) is 0 Å².